The summed E-state index contributed by atoms with van der Waals surface area (Å²) in [4.78, 5) is 33.9. The van der Waals surface area contributed by atoms with E-state index < -0.39 is 40.0 Å². The summed E-state index contributed by atoms with van der Waals surface area (Å²) in [6.45, 7) is 0. The van der Waals surface area contributed by atoms with Gasteiger partial charge in [-0.15, -0.1) is 13.2 Å². The summed E-state index contributed by atoms with van der Waals surface area (Å²) in [5.41, 5.74) is 2.34. The Hall–Kier alpha value is -2.64. The van der Waals surface area contributed by atoms with Gasteiger partial charge < -0.3 is 10.5 Å². The van der Waals surface area contributed by atoms with E-state index in [0.717, 1.165) is 24.3 Å². The molecule has 20 heavy (non-hydrogen) atoms. The molecular formula is C12H6F3NO4. The summed E-state index contributed by atoms with van der Waals surface area (Å²) in [6.07, 6.45) is -4.84. The minimum atomic E-state index is -4.84. The van der Waals surface area contributed by atoms with Crippen LogP contribution in [0, 0.1) is 0 Å². The van der Waals surface area contributed by atoms with Crippen LogP contribution in [0.2, 0.25) is 0 Å². The highest BCUT2D eigenvalue weighted by atomic mass is 19.4. The van der Waals surface area contributed by atoms with E-state index in [1.54, 1.807) is 0 Å². The van der Waals surface area contributed by atoms with Crippen molar-refractivity contribution in [3.05, 3.63) is 55.8 Å². The number of anilines is 1. The summed E-state index contributed by atoms with van der Waals surface area (Å²) < 4.78 is 39.5. The van der Waals surface area contributed by atoms with Gasteiger partial charge in [0, 0.05) is 5.56 Å². The van der Waals surface area contributed by atoms with Gasteiger partial charge in [0.1, 0.15) is 11.3 Å². The summed E-state index contributed by atoms with van der Waals surface area (Å²) in [6, 6.07) is 3.92. The Morgan fingerprint density at radius 1 is 1.05 bits per heavy atom. The zero-order chi connectivity index (χ0) is 15.1. The van der Waals surface area contributed by atoms with E-state index in [-0.39, 0.29) is 5.56 Å². The number of alkyl halides is 3. The second-order valence-corrected chi connectivity index (χ2v) is 3.85. The highest BCUT2D eigenvalue weighted by Crippen LogP contribution is 2.23. The van der Waals surface area contributed by atoms with Crippen molar-refractivity contribution in [3.8, 4) is 5.75 Å². The standard InChI is InChI=1S/C12H6F3NO4/c13-12(14,15)20-6-3-1-5(2-4-6)9(17)7-8(16)11(19)10(7)18/h1-4H,16H2. The van der Waals surface area contributed by atoms with Crippen LogP contribution in [0.1, 0.15) is 15.9 Å². The molecular weight excluding hydrogens is 279 g/mol. The smallest absolute Gasteiger partial charge is 0.406 e. The van der Waals surface area contributed by atoms with E-state index in [0.29, 0.717) is 0 Å². The molecule has 2 N–H and O–H groups in total. The van der Waals surface area contributed by atoms with Crippen LogP contribution in [0.25, 0.3) is 0 Å². The van der Waals surface area contributed by atoms with Gasteiger partial charge in [0.05, 0.1) is 5.69 Å². The van der Waals surface area contributed by atoms with Crippen LogP contribution in [0.5, 0.6) is 5.75 Å². The van der Waals surface area contributed by atoms with Crippen molar-refractivity contribution in [2.24, 2.45) is 0 Å². The van der Waals surface area contributed by atoms with Crippen LogP contribution in [0.3, 0.4) is 0 Å². The van der Waals surface area contributed by atoms with Gasteiger partial charge in [-0.1, -0.05) is 0 Å². The van der Waals surface area contributed by atoms with Crippen LogP contribution in [0.4, 0.5) is 18.9 Å². The van der Waals surface area contributed by atoms with Crippen molar-refractivity contribution in [2.45, 2.75) is 6.36 Å². The summed E-state index contributed by atoms with van der Waals surface area (Å²) in [5, 5.41) is 0. The third kappa shape index (κ3) is 2.40. The molecule has 0 aliphatic carbocycles. The lowest BCUT2D eigenvalue weighted by atomic mass is 9.98. The number of rotatable bonds is 3. The van der Waals surface area contributed by atoms with Crippen molar-refractivity contribution in [2.75, 3.05) is 5.73 Å². The Bertz CT molecular complexity index is 739. The van der Waals surface area contributed by atoms with Gasteiger partial charge in [-0.2, -0.15) is 0 Å². The zero-order valence-corrected chi connectivity index (χ0v) is 9.65. The van der Waals surface area contributed by atoms with E-state index >= 15 is 0 Å². The lowest BCUT2D eigenvalue weighted by Gasteiger charge is -2.09. The monoisotopic (exact) mass is 285 g/mol. The number of nitrogen functional groups attached to an aromatic ring is 1. The number of carbonyl (C=O) groups excluding carboxylic acids is 1. The number of ketones is 1. The number of halogens is 3. The molecule has 0 aromatic heterocycles. The van der Waals surface area contributed by atoms with Crippen molar-refractivity contribution in [3.63, 3.8) is 0 Å². The van der Waals surface area contributed by atoms with Crippen molar-refractivity contribution >= 4 is 11.5 Å². The maximum Gasteiger partial charge on any atom is 0.573 e. The molecule has 2 aromatic rings. The Morgan fingerprint density at radius 2 is 1.60 bits per heavy atom. The van der Waals surface area contributed by atoms with E-state index in [4.69, 9.17) is 5.73 Å². The van der Waals surface area contributed by atoms with Crippen molar-refractivity contribution in [1.82, 2.24) is 0 Å². The maximum absolute atomic E-state index is 11.9. The molecule has 2 aromatic carbocycles. The van der Waals surface area contributed by atoms with Gasteiger partial charge in [0.15, 0.2) is 5.78 Å². The van der Waals surface area contributed by atoms with Gasteiger partial charge >= 0.3 is 6.36 Å². The highest BCUT2D eigenvalue weighted by Gasteiger charge is 2.31. The second kappa shape index (κ2) is 4.48. The number of carbonyl (C=O) groups is 1. The van der Waals surface area contributed by atoms with Gasteiger partial charge in [0.2, 0.25) is 10.9 Å². The maximum atomic E-state index is 11.9. The molecule has 0 bridgehead atoms. The van der Waals surface area contributed by atoms with Crippen LogP contribution < -0.4 is 21.3 Å². The average Bonchev–Trinajstić information content (AvgIpc) is 2.37. The predicted molar refractivity (Wildman–Crippen MR) is 62.3 cm³/mol. The second-order valence-electron chi connectivity index (χ2n) is 3.85. The molecule has 0 atom stereocenters. The SMILES string of the molecule is Nc1c(C(=O)c2ccc(OC(F)(F)F)cc2)c(=O)c1=O. The molecule has 0 saturated carbocycles. The summed E-state index contributed by atoms with van der Waals surface area (Å²) in [7, 11) is 0. The number of nitrogens with two attached hydrogens (primary N) is 1. The molecule has 0 heterocycles. The van der Waals surface area contributed by atoms with Crippen LogP contribution >= 0.6 is 0 Å². The normalized spacial score (nSPS) is 11.6. The minimum Gasteiger partial charge on any atom is -0.406 e. The van der Waals surface area contributed by atoms with E-state index in [9.17, 15) is 27.6 Å². The van der Waals surface area contributed by atoms with E-state index in [1.165, 1.54) is 0 Å². The summed E-state index contributed by atoms with van der Waals surface area (Å²) >= 11 is 0. The first kappa shape index (κ1) is 13.8. The molecule has 104 valence electrons. The van der Waals surface area contributed by atoms with E-state index in [1.807, 2.05) is 0 Å². The third-order valence-corrected chi connectivity index (χ3v) is 2.52. The van der Waals surface area contributed by atoms with Gasteiger partial charge in [0.25, 0.3) is 0 Å². The minimum absolute atomic E-state index is 0.0710. The van der Waals surface area contributed by atoms with E-state index in [2.05, 4.69) is 4.74 Å². The largest absolute Gasteiger partial charge is 0.573 e. The highest BCUT2D eigenvalue weighted by molar-refractivity contribution is 6.13. The molecule has 8 heteroatoms. The number of benzene rings is 1. The van der Waals surface area contributed by atoms with Crippen LogP contribution in [-0.2, 0) is 0 Å². The lowest BCUT2D eigenvalue weighted by Crippen LogP contribution is -2.40. The summed E-state index contributed by atoms with van der Waals surface area (Å²) in [5.74, 6) is -1.32. The number of hydrogen-bond donors (Lipinski definition) is 1. The van der Waals surface area contributed by atoms with Gasteiger partial charge in [-0.3, -0.25) is 14.4 Å². The zero-order valence-electron chi connectivity index (χ0n) is 9.65. The lowest BCUT2D eigenvalue weighted by molar-refractivity contribution is -0.274. The number of ether oxygens (including phenoxy) is 1. The molecule has 0 spiro atoms. The molecule has 0 aliphatic rings. The first-order valence-corrected chi connectivity index (χ1v) is 5.20. The molecule has 0 aliphatic heterocycles. The quantitative estimate of drug-likeness (QED) is 0.671. The fraction of sp³-hybridized carbons (Fsp3) is 0.0833. The molecule has 0 radical (unpaired) electrons. The van der Waals surface area contributed by atoms with Crippen molar-refractivity contribution < 1.29 is 22.7 Å². The third-order valence-electron chi connectivity index (χ3n) is 2.52. The van der Waals surface area contributed by atoms with Crippen LogP contribution in [-0.4, -0.2) is 12.1 Å². The molecule has 0 amide bonds. The number of hydrogen-bond acceptors (Lipinski definition) is 5. The van der Waals surface area contributed by atoms with Gasteiger partial charge in [-0.05, 0) is 24.3 Å². The van der Waals surface area contributed by atoms with Crippen LogP contribution in [0.15, 0.2) is 33.9 Å². The Labute approximate surface area is 109 Å². The first-order chi connectivity index (χ1) is 9.20. The molecule has 0 fully saturated rings. The topological polar surface area (TPSA) is 86.5 Å². The Balaban J connectivity index is 2.25. The predicted octanol–water partition coefficient (Wildman–Crippen LogP) is 0.994. The fourth-order valence-corrected chi connectivity index (χ4v) is 1.59. The fourth-order valence-electron chi connectivity index (χ4n) is 1.59. The molecule has 0 saturated heterocycles. The average molecular weight is 285 g/mol. The Morgan fingerprint density at radius 3 is 2.05 bits per heavy atom. The molecule has 5 nitrogen and oxygen atoms in total. The first-order valence-electron chi connectivity index (χ1n) is 5.20. The van der Waals surface area contributed by atoms with Crippen molar-refractivity contribution in [1.29, 1.82) is 0 Å². The Kier molecular flexibility index (Phi) is 3.09. The molecule has 2 rings (SSSR count). The van der Waals surface area contributed by atoms with Gasteiger partial charge in [-0.25, -0.2) is 0 Å². The molecule has 0 unspecified atom stereocenters.